The predicted octanol–water partition coefficient (Wildman–Crippen LogP) is 1.83. The molecular weight excluding hydrogens is 304 g/mol. The molecule has 0 saturated carbocycles. The summed E-state index contributed by atoms with van der Waals surface area (Å²) in [6.07, 6.45) is 11.8. The maximum atomic E-state index is 6.16. The summed E-state index contributed by atoms with van der Waals surface area (Å²) in [7, 11) is 0. The predicted molar refractivity (Wildman–Crippen MR) is 93.3 cm³/mol. The van der Waals surface area contributed by atoms with Crippen molar-refractivity contribution in [2.45, 2.75) is 39.3 Å². The first kappa shape index (κ1) is 16.1. The van der Waals surface area contributed by atoms with Crippen molar-refractivity contribution in [2.75, 3.05) is 17.2 Å². The summed E-state index contributed by atoms with van der Waals surface area (Å²) in [6, 6.07) is 0.442. The summed E-state index contributed by atoms with van der Waals surface area (Å²) in [5.74, 6) is 1.64. The maximum Gasteiger partial charge on any atom is 0.227 e. The van der Waals surface area contributed by atoms with Crippen molar-refractivity contribution in [3.8, 4) is 11.4 Å². The lowest BCUT2D eigenvalue weighted by atomic mass is 10.2. The largest absolute Gasteiger partial charge is 0.383 e. The number of nitrogens with two attached hydrogens (primary N) is 1. The van der Waals surface area contributed by atoms with Crippen LogP contribution in [0, 0.1) is 0 Å². The van der Waals surface area contributed by atoms with Crippen LogP contribution in [0.2, 0.25) is 0 Å². The lowest BCUT2D eigenvalue weighted by Gasteiger charge is -2.21. The summed E-state index contributed by atoms with van der Waals surface area (Å²) in [6.45, 7) is 5.66. The molecule has 1 saturated heterocycles. The molecule has 0 amide bonds. The molecule has 0 spiro atoms. The van der Waals surface area contributed by atoms with Crippen LogP contribution in [0.4, 0.5) is 11.8 Å². The van der Waals surface area contributed by atoms with Crippen LogP contribution in [0.25, 0.3) is 11.4 Å². The summed E-state index contributed by atoms with van der Waals surface area (Å²) in [5, 5.41) is 11.8. The monoisotopic (exact) mass is 326 g/mol. The highest BCUT2D eigenvalue weighted by Crippen LogP contribution is 2.26. The third-order valence-corrected chi connectivity index (χ3v) is 4.11. The Bertz CT molecular complexity index is 748. The standard InChI is InChI=1S/C16H22N8/c1-3-4-5-6-10-24-15(20-21-22-24)13-11-18-16(19-14(13)17)23-9-7-8-12(23)2/h3-6,11-12H,7-10H2,1-2H3,(H2,17,18,19). The average Bonchev–Trinajstić information content (AvgIpc) is 3.20. The number of nitrogen functional groups attached to an aromatic ring is 1. The zero-order valence-corrected chi connectivity index (χ0v) is 14.0. The molecule has 0 aromatic carbocycles. The molecule has 1 atom stereocenters. The molecule has 2 N–H and O–H groups in total. The van der Waals surface area contributed by atoms with Crippen LogP contribution < -0.4 is 10.6 Å². The van der Waals surface area contributed by atoms with E-state index in [0.29, 0.717) is 35.7 Å². The van der Waals surface area contributed by atoms with E-state index in [-0.39, 0.29) is 0 Å². The summed E-state index contributed by atoms with van der Waals surface area (Å²) < 4.78 is 1.67. The Morgan fingerprint density at radius 3 is 2.96 bits per heavy atom. The molecule has 3 rings (SSSR count). The fraction of sp³-hybridized carbons (Fsp3) is 0.438. The average molecular weight is 326 g/mol. The van der Waals surface area contributed by atoms with Crippen molar-refractivity contribution in [3.05, 3.63) is 30.5 Å². The molecule has 1 aliphatic heterocycles. The molecule has 24 heavy (non-hydrogen) atoms. The van der Waals surface area contributed by atoms with Crippen LogP contribution in [0.1, 0.15) is 26.7 Å². The molecular formula is C16H22N8. The van der Waals surface area contributed by atoms with E-state index in [1.807, 2.05) is 31.2 Å². The number of allylic oxidation sites excluding steroid dienone is 4. The van der Waals surface area contributed by atoms with E-state index >= 15 is 0 Å². The molecule has 1 unspecified atom stereocenters. The van der Waals surface area contributed by atoms with Crippen LogP contribution >= 0.6 is 0 Å². The minimum Gasteiger partial charge on any atom is -0.383 e. The van der Waals surface area contributed by atoms with E-state index in [4.69, 9.17) is 5.73 Å². The van der Waals surface area contributed by atoms with Crippen LogP contribution in [0.5, 0.6) is 0 Å². The van der Waals surface area contributed by atoms with Crippen molar-refractivity contribution in [1.82, 2.24) is 30.2 Å². The molecule has 1 fully saturated rings. The fourth-order valence-electron chi connectivity index (χ4n) is 2.80. The molecule has 8 nitrogen and oxygen atoms in total. The lowest BCUT2D eigenvalue weighted by Crippen LogP contribution is -2.28. The Morgan fingerprint density at radius 1 is 1.38 bits per heavy atom. The van der Waals surface area contributed by atoms with E-state index < -0.39 is 0 Å². The first-order valence-electron chi connectivity index (χ1n) is 8.14. The SMILES string of the molecule is CC=CC=CCn1nnnc1-c1cnc(N2CCCC2C)nc1N. The number of hydrogen-bond donors (Lipinski definition) is 1. The van der Waals surface area contributed by atoms with Gasteiger partial charge in [0, 0.05) is 18.8 Å². The van der Waals surface area contributed by atoms with Gasteiger partial charge in [0.15, 0.2) is 5.82 Å². The molecule has 3 heterocycles. The maximum absolute atomic E-state index is 6.16. The Morgan fingerprint density at radius 2 is 2.25 bits per heavy atom. The number of nitrogens with zero attached hydrogens (tertiary/aromatic N) is 7. The second-order valence-electron chi connectivity index (χ2n) is 5.79. The van der Waals surface area contributed by atoms with E-state index in [1.165, 1.54) is 0 Å². The Balaban J connectivity index is 1.84. The molecule has 8 heteroatoms. The van der Waals surface area contributed by atoms with Gasteiger partial charge >= 0.3 is 0 Å². The van der Waals surface area contributed by atoms with E-state index in [0.717, 1.165) is 19.4 Å². The molecule has 0 aliphatic carbocycles. The number of aromatic nitrogens is 6. The van der Waals surface area contributed by atoms with Gasteiger partial charge in [-0.1, -0.05) is 24.3 Å². The fourth-order valence-corrected chi connectivity index (χ4v) is 2.80. The minimum absolute atomic E-state index is 0.396. The van der Waals surface area contributed by atoms with Gasteiger partial charge in [-0.15, -0.1) is 5.10 Å². The quantitative estimate of drug-likeness (QED) is 0.837. The summed E-state index contributed by atoms with van der Waals surface area (Å²) in [4.78, 5) is 11.1. The smallest absolute Gasteiger partial charge is 0.227 e. The first-order valence-corrected chi connectivity index (χ1v) is 8.14. The topological polar surface area (TPSA) is 98.6 Å². The van der Waals surface area contributed by atoms with E-state index in [9.17, 15) is 0 Å². The van der Waals surface area contributed by atoms with Gasteiger partial charge in [0.1, 0.15) is 5.82 Å². The minimum atomic E-state index is 0.396. The van der Waals surface area contributed by atoms with Crippen molar-refractivity contribution in [1.29, 1.82) is 0 Å². The van der Waals surface area contributed by atoms with Gasteiger partial charge in [0.05, 0.1) is 12.1 Å². The third-order valence-electron chi connectivity index (χ3n) is 4.11. The van der Waals surface area contributed by atoms with E-state index in [2.05, 4.69) is 37.3 Å². The van der Waals surface area contributed by atoms with Gasteiger partial charge in [-0.25, -0.2) is 9.67 Å². The second kappa shape index (κ2) is 7.20. The highest BCUT2D eigenvalue weighted by atomic mass is 15.5. The third kappa shape index (κ3) is 3.27. The second-order valence-corrected chi connectivity index (χ2v) is 5.79. The Hall–Kier alpha value is -2.77. The van der Waals surface area contributed by atoms with Crippen LogP contribution in [0.3, 0.4) is 0 Å². The molecule has 1 aliphatic rings. The summed E-state index contributed by atoms with van der Waals surface area (Å²) >= 11 is 0. The number of hydrogen-bond acceptors (Lipinski definition) is 7. The van der Waals surface area contributed by atoms with Crippen molar-refractivity contribution in [3.63, 3.8) is 0 Å². The van der Waals surface area contributed by atoms with Crippen molar-refractivity contribution in [2.24, 2.45) is 0 Å². The molecule has 0 bridgehead atoms. The van der Waals surface area contributed by atoms with Crippen LogP contribution in [-0.4, -0.2) is 42.8 Å². The number of rotatable bonds is 5. The normalized spacial score (nSPS) is 18.2. The highest BCUT2D eigenvalue weighted by Gasteiger charge is 2.24. The molecule has 2 aromatic rings. The van der Waals surface area contributed by atoms with Gasteiger partial charge in [0.2, 0.25) is 5.95 Å². The van der Waals surface area contributed by atoms with Gasteiger partial charge in [-0.05, 0) is 37.1 Å². The van der Waals surface area contributed by atoms with Crippen molar-refractivity contribution >= 4 is 11.8 Å². The number of anilines is 2. The van der Waals surface area contributed by atoms with Crippen molar-refractivity contribution < 1.29 is 0 Å². The zero-order valence-electron chi connectivity index (χ0n) is 14.0. The Labute approximate surface area is 141 Å². The lowest BCUT2D eigenvalue weighted by molar-refractivity contribution is 0.664. The van der Waals surface area contributed by atoms with Gasteiger partial charge < -0.3 is 10.6 Å². The highest BCUT2D eigenvalue weighted by molar-refractivity contribution is 5.68. The van der Waals surface area contributed by atoms with E-state index in [1.54, 1.807) is 10.9 Å². The van der Waals surface area contributed by atoms with Gasteiger partial charge in [-0.2, -0.15) is 4.98 Å². The zero-order chi connectivity index (χ0) is 16.9. The van der Waals surface area contributed by atoms with Crippen LogP contribution in [0.15, 0.2) is 30.5 Å². The first-order chi connectivity index (χ1) is 11.7. The van der Waals surface area contributed by atoms with Gasteiger partial charge in [0.25, 0.3) is 0 Å². The Kier molecular flexibility index (Phi) is 4.83. The summed E-state index contributed by atoms with van der Waals surface area (Å²) in [5.41, 5.74) is 6.80. The van der Waals surface area contributed by atoms with Crippen LogP contribution in [-0.2, 0) is 6.54 Å². The molecule has 0 radical (unpaired) electrons. The molecule has 126 valence electrons. The van der Waals surface area contributed by atoms with Gasteiger partial charge in [-0.3, -0.25) is 0 Å². The number of tetrazole rings is 1. The molecule has 2 aromatic heterocycles.